The van der Waals surface area contributed by atoms with Gasteiger partial charge in [0.1, 0.15) is 29.0 Å². The smallest absolute Gasteiger partial charge is 0.354 e. The predicted octanol–water partition coefficient (Wildman–Crippen LogP) is 6.38. The minimum absolute atomic E-state index is 0.0698. The molecule has 2 aromatic carbocycles. The van der Waals surface area contributed by atoms with Crippen LogP contribution in [0.2, 0.25) is 0 Å². The molecule has 0 saturated heterocycles. The molecule has 0 saturated carbocycles. The van der Waals surface area contributed by atoms with Crippen molar-refractivity contribution in [3.63, 3.8) is 0 Å². The minimum atomic E-state index is -0.887. The number of nitrogens with zero attached hydrogens (tertiary/aromatic N) is 2. The van der Waals surface area contributed by atoms with Crippen molar-refractivity contribution in [2.75, 3.05) is 20.3 Å². The van der Waals surface area contributed by atoms with Gasteiger partial charge >= 0.3 is 5.97 Å². The number of nitrogens with one attached hydrogen (secondary N) is 1. The van der Waals surface area contributed by atoms with E-state index in [4.69, 9.17) is 23.4 Å². The van der Waals surface area contributed by atoms with Crippen LogP contribution in [-0.4, -0.2) is 32.2 Å². The third-order valence-corrected chi connectivity index (χ3v) is 6.24. The number of ether oxygens (including phenoxy) is 4. The van der Waals surface area contributed by atoms with Gasteiger partial charge in [0.25, 0.3) is 5.91 Å². The molecule has 0 bridgehead atoms. The maximum atomic E-state index is 13.0. The molecule has 1 N–H and O–H groups in total. The fraction of sp³-hybridized carbons (Fsp3) is 0.294. The van der Waals surface area contributed by atoms with Crippen LogP contribution in [0.25, 0.3) is 12.2 Å². The second-order valence-electron chi connectivity index (χ2n) is 9.45. The Kier molecular flexibility index (Phi) is 13.1. The topological polar surface area (TPSA) is 144 Å². The average molecular weight is 598 g/mol. The maximum absolute atomic E-state index is 13.0. The second-order valence-corrected chi connectivity index (χ2v) is 9.45. The third kappa shape index (κ3) is 9.81. The number of unbranched alkanes of at least 4 members (excludes halogenated alkanes) is 3. The normalized spacial score (nSPS) is 11.2. The molecular weight excluding hydrogens is 562 g/mol. The number of carbonyl (C=O) groups excluding carboxylic acids is 2. The monoisotopic (exact) mass is 597 g/mol. The van der Waals surface area contributed by atoms with E-state index in [-0.39, 0.29) is 35.8 Å². The molecule has 228 valence electrons. The van der Waals surface area contributed by atoms with Gasteiger partial charge in [-0.1, -0.05) is 38.3 Å². The highest BCUT2D eigenvalue weighted by Gasteiger charge is 2.17. The number of furan rings is 1. The molecule has 10 heteroatoms. The number of carbonyl (C=O) groups is 2. The van der Waals surface area contributed by atoms with E-state index in [0.29, 0.717) is 35.0 Å². The summed E-state index contributed by atoms with van der Waals surface area (Å²) in [5, 5.41) is 21.9. The van der Waals surface area contributed by atoms with Gasteiger partial charge in [0, 0.05) is 0 Å². The quantitative estimate of drug-likeness (QED) is 0.0653. The Labute approximate surface area is 257 Å². The van der Waals surface area contributed by atoms with E-state index in [0.717, 1.165) is 25.7 Å². The molecule has 1 amide bonds. The lowest BCUT2D eigenvalue weighted by atomic mass is 10.1. The van der Waals surface area contributed by atoms with Crippen LogP contribution in [0.1, 0.15) is 56.4 Å². The van der Waals surface area contributed by atoms with E-state index in [2.05, 4.69) is 12.2 Å². The maximum Gasteiger partial charge on any atom is 0.354 e. The second kappa shape index (κ2) is 17.5. The van der Waals surface area contributed by atoms with Crippen molar-refractivity contribution in [3.05, 3.63) is 82.8 Å². The number of amides is 1. The standard InChI is InChI=1S/C34H35N3O7/c1-4-6-7-8-15-43-29-13-11-25(19-31(29)40-3)18-27(22-36)34(39)44-30-14-12-24(20-32(30)41-5-2)17-26(21-35)33(38)37-23-28-10-9-16-42-28/h9-14,16-20H,4-8,15,23H2,1-3H3,(H,37,38)/b26-17+,27-18+. The van der Waals surface area contributed by atoms with Crippen molar-refractivity contribution in [2.24, 2.45) is 0 Å². The van der Waals surface area contributed by atoms with Crippen LogP contribution in [0.3, 0.4) is 0 Å². The summed E-state index contributed by atoms with van der Waals surface area (Å²) in [6, 6.07) is 16.9. The third-order valence-electron chi connectivity index (χ3n) is 6.24. The summed E-state index contributed by atoms with van der Waals surface area (Å²) in [6.07, 6.45) is 8.59. The Morgan fingerprint density at radius 1 is 0.864 bits per heavy atom. The Morgan fingerprint density at radius 3 is 2.20 bits per heavy atom. The first-order chi connectivity index (χ1) is 21.4. The highest BCUT2D eigenvalue weighted by molar-refractivity contribution is 6.02. The molecule has 1 aromatic heterocycles. The van der Waals surface area contributed by atoms with Crippen LogP contribution < -0.4 is 24.3 Å². The predicted molar refractivity (Wildman–Crippen MR) is 164 cm³/mol. The van der Waals surface area contributed by atoms with Gasteiger partial charge in [-0.2, -0.15) is 10.5 Å². The van der Waals surface area contributed by atoms with E-state index in [1.807, 2.05) is 12.1 Å². The summed E-state index contributed by atoms with van der Waals surface area (Å²) in [5.41, 5.74) is 0.635. The molecule has 10 nitrogen and oxygen atoms in total. The Hall–Kier alpha value is -5.48. The molecule has 0 aliphatic heterocycles. The first-order valence-corrected chi connectivity index (χ1v) is 14.3. The van der Waals surface area contributed by atoms with Gasteiger partial charge in [-0.25, -0.2) is 4.79 Å². The number of benzene rings is 2. The summed E-state index contributed by atoms with van der Waals surface area (Å²) >= 11 is 0. The van der Waals surface area contributed by atoms with Crippen molar-refractivity contribution in [3.8, 4) is 35.1 Å². The van der Waals surface area contributed by atoms with Crippen LogP contribution in [0, 0.1) is 22.7 Å². The van der Waals surface area contributed by atoms with Crippen LogP contribution in [0.4, 0.5) is 0 Å². The van der Waals surface area contributed by atoms with E-state index >= 15 is 0 Å². The molecule has 0 aliphatic carbocycles. The van der Waals surface area contributed by atoms with Crippen LogP contribution in [0.5, 0.6) is 23.0 Å². The lowest BCUT2D eigenvalue weighted by molar-refractivity contribution is -0.129. The molecule has 3 aromatic rings. The van der Waals surface area contributed by atoms with E-state index in [1.54, 1.807) is 43.3 Å². The summed E-state index contributed by atoms with van der Waals surface area (Å²) in [5.74, 6) is 0.402. The Balaban J connectivity index is 1.74. The zero-order valence-electron chi connectivity index (χ0n) is 25.1. The Morgan fingerprint density at radius 2 is 1.57 bits per heavy atom. The Bertz CT molecular complexity index is 1560. The van der Waals surface area contributed by atoms with Crippen LogP contribution in [0.15, 0.2) is 70.4 Å². The van der Waals surface area contributed by atoms with Crippen LogP contribution in [-0.2, 0) is 16.1 Å². The molecule has 0 spiro atoms. The SMILES string of the molecule is CCCCCCOc1ccc(/C=C(\C#N)C(=O)Oc2ccc(/C=C(\C#N)C(=O)NCc3ccco3)cc2OCC)cc1OC. The van der Waals surface area contributed by atoms with Crippen molar-refractivity contribution in [2.45, 2.75) is 46.1 Å². The molecule has 1 heterocycles. The molecule has 0 atom stereocenters. The molecule has 0 fully saturated rings. The largest absolute Gasteiger partial charge is 0.493 e. The minimum Gasteiger partial charge on any atom is -0.493 e. The lowest BCUT2D eigenvalue weighted by Crippen LogP contribution is -2.23. The zero-order chi connectivity index (χ0) is 31.7. The highest BCUT2D eigenvalue weighted by Crippen LogP contribution is 2.32. The van der Waals surface area contributed by atoms with Crippen molar-refractivity contribution in [1.82, 2.24) is 5.32 Å². The van der Waals surface area contributed by atoms with Gasteiger partial charge in [0.2, 0.25) is 0 Å². The van der Waals surface area contributed by atoms with Crippen molar-refractivity contribution < 1.29 is 33.0 Å². The molecule has 44 heavy (non-hydrogen) atoms. The first kappa shape index (κ1) is 33.0. The van der Waals surface area contributed by atoms with Gasteiger partial charge in [0.15, 0.2) is 23.0 Å². The van der Waals surface area contributed by atoms with Crippen LogP contribution >= 0.6 is 0 Å². The number of rotatable bonds is 16. The van der Waals surface area contributed by atoms with Crippen molar-refractivity contribution >= 4 is 24.0 Å². The zero-order valence-corrected chi connectivity index (χ0v) is 25.1. The van der Waals surface area contributed by atoms with E-state index in [9.17, 15) is 20.1 Å². The molecular formula is C34H35N3O7. The van der Waals surface area contributed by atoms with E-state index in [1.165, 1.54) is 37.7 Å². The molecule has 3 rings (SSSR count). The molecule has 0 radical (unpaired) electrons. The van der Waals surface area contributed by atoms with Crippen molar-refractivity contribution in [1.29, 1.82) is 10.5 Å². The number of nitriles is 2. The number of hydrogen-bond donors (Lipinski definition) is 1. The van der Waals surface area contributed by atoms with Gasteiger partial charge in [0.05, 0.1) is 33.1 Å². The summed E-state index contributed by atoms with van der Waals surface area (Å²) in [4.78, 5) is 25.5. The van der Waals surface area contributed by atoms with Gasteiger partial charge in [-0.3, -0.25) is 4.79 Å². The first-order valence-electron chi connectivity index (χ1n) is 14.3. The number of esters is 1. The number of methoxy groups -OCH3 is 1. The fourth-order valence-corrected chi connectivity index (χ4v) is 4.02. The molecule has 0 unspecified atom stereocenters. The van der Waals surface area contributed by atoms with Gasteiger partial charge in [-0.15, -0.1) is 0 Å². The number of hydrogen-bond acceptors (Lipinski definition) is 9. The summed E-state index contributed by atoms with van der Waals surface area (Å²) < 4.78 is 27.6. The summed E-state index contributed by atoms with van der Waals surface area (Å²) in [7, 11) is 1.52. The molecule has 0 aliphatic rings. The fourth-order valence-electron chi connectivity index (χ4n) is 4.02. The van der Waals surface area contributed by atoms with Gasteiger partial charge in [-0.05, 0) is 73.0 Å². The average Bonchev–Trinajstić information content (AvgIpc) is 3.56. The lowest BCUT2D eigenvalue weighted by Gasteiger charge is -2.12. The highest BCUT2D eigenvalue weighted by atomic mass is 16.6. The van der Waals surface area contributed by atoms with Gasteiger partial charge < -0.3 is 28.7 Å². The van der Waals surface area contributed by atoms with E-state index < -0.39 is 11.9 Å². The summed E-state index contributed by atoms with van der Waals surface area (Å²) in [6.45, 7) is 4.84.